The highest BCUT2D eigenvalue weighted by Crippen LogP contribution is 2.26. The van der Waals surface area contributed by atoms with Crippen molar-refractivity contribution in [1.29, 1.82) is 0 Å². The summed E-state index contributed by atoms with van der Waals surface area (Å²) in [5, 5.41) is 22.9. The largest absolute Gasteiger partial charge is 0.491 e. The van der Waals surface area contributed by atoms with Crippen LogP contribution < -0.4 is 15.4 Å². The number of carboxylic acid groups (broad SMARTS) is 2. The number of fused-ring (bicyclic) bond motifs is 2. The summed E-state index contributed by atoms with van der Waals surface area (Å²) in [5.74, 6) is -6.03. The second kappa shape index (κ2) is 15.1. The van der Waals surface area contributed by atoms with Crippen LogP contribution >= 0.6 is 0 Å². The molecule has 4 N–H and O–H groups in total. The molecule has 2 heterocycles. The van der Waals surface area contributed by atoms with Gasteiger partial charge in [0.25, 0.3) is 5.91 Å². The van der Waals surface area contributed by atoms with Crippen LogP contribution in [0.3, 0.4) is 0 Å². The van der Waals surface area contributed by atoms with Crippen molar-refractivity contribution in [3.8, 4) is 5.75 Å². The molecular formula is C28H36FN5O10. The van der Waals surface area contributed by atoms with Crippen molar-refractivity contribution in [1.82, 2.24) is 25.3 Å². The first kappa shape index (κ1) is 33.7. The third-order valence-corrected chi connectivity index (χ3v) is 7.43. The molecule has 0 bridgehead atoms. The van der Waals surface area contributed by atoms with Gasteiger partial charge >= 0.3 is 11.9 Å². The second-order valence-electron chi connectivity index (χ2n) is 10.7. The monoisotopic (exact) mass is 621 g/mol. The normalized spacial score (nSPS) is 21.4. The molecule has 16 heteroatoms. The maximum Gasteiger partial charge on any atom is 0.305 e. The highest BCUT2D eigenvalue weighted by atomic mass is 19.1. The van der Waals surface area contributed by atoms with E-state index in [2.05, 4.69) is 10.6 Å². The number of halogens is 1. The van der Waals surface area contributed by atoms with Gasteiger partial charge in [-0.1, -0.05) is 0 Å². The molecule has 3 atom stereocenters. The zero-order valence-electron chi connectivity index (χ0n) is 24.4. The third kappa shape index (κ3) is 9.12. The van der Waals surface area contributed by atoms with Gasteiger partial charge in [-0.25, -0.2) is 4.39 Å². The minimum Gasteiger partial charge on any atom is -0.491 e. The number of ether oxygens (including phenoxy) is 1. The van der Waals surface area contributed by atoms with Gasteiger partial charge in [-0.05, 0) is 31.0 Å². The lowest BCUT2D eigenvalue weighted by Crippen LogP contribution is -2.49. The molecule has 1 fully saturated rings. The van der Waals surface area contributed by atoms with E-state index < -0.39 is 65.4 Å². The zero-order chi connectivity index (χ0) is 32.6. The lowest BCUT2D eigenvalue weighted by molar-refractivity contribution is -0.140. The molecule has 44 heavy (non-hydrogen) atoms. The molecule has 3 rings (SSSR count). The Kier molecular flexibility index (Phi) is 11.6. The van der Waals surface area contributed by atoms with E-state index in [4.69, 9.17) is 14.9 Å². The lowest BCUT2D eigenvalue weighted by Gasteiger charge is -2.28. The van der Waals surface area contributed by atoms with Crippen LogP contribution in [-0.2, 0) is 28.8 Å². The van der Waals surface area contributed by atoms with Crippen molar-refractivity contribution in [2.24, 2.45) is 0 Å². The summed E-state index contributed by atoms with van der Waals surface area (Å²) in [6, 6.07) is 0.855. The average Bonchev–Trinajstić information content (AvgIpc) is 3.36. The van der Waals surface area contributed by atoms with Crippen LogP contribution in [0.1, 0.15) is 48.9 Å². The Morgan fingerprint density at radius 2 is 1.73 bits per heavy atom. The zero-order valence-corrected chi connectivity index (χ0v) is 24.4. The first-order chi connectivity index (χ1) is 20.8. The predicted octanol–water partition coefficient (Wildman–Crippen LogP) is -0.561. The van der Waals surface area contributed by atoms with Crippen molar-refractivity contribution in [2.45, 2.75) is 56.7 Å². The van der Waals surface area contributed by atoms with E-state index in [0.29, 0.717) is 0 Å². The SMILES string of the molecule is CN1CC(=O)N2C[C@@H](NC(=O)CCC(=O)O)C[C@H]2COc2ccc(F)cc2C(=O)N(C)[C@H](C(=O)NCCC(=O)O)CCC1=O. The molecule has 0 unspecified atom stereocenters. The maximum absolute atomic E-state index is 14.3. The highest BCUT2D eigenvalue weighted by Gasteiger charge is 2.38. The van der Waals surface area contributed by atoms with Gasteiger partial charge in [0.1, 0.15) is 24.2 Å². The Bertz CT molecular complexity index is 1310. The molecule has 5 amide bonds. The first-order valence-corrected chi connectivity index (χ1v) is 14.0. The number of rotatable bonds is 8. The number of benzene rings is 1. The van der Waals surface area contributed by atoms with Gasteiger partial charge in [0.15, 0.2) is 0 Å². The molecule has 15 nitrogen and oxygen atoms in total. The van der Waals surface area contributed by atoms with E-state index in [1.165, 1.54) is 30.0 Å². The summed E-state index contributed by atoms with van der Waals surface area (Å²) in [6.07, 6.45) is -1.18. The van der Waals surface area contributed by atoms with Gasteiger partial charge in [-0.2, -0.15) is 0 Å². The highest BCUT2D eigenvalue weighted by molar-refractivity contribution is 5.99. The number of amides is 5. The smallest absolute Gasteiger partial charge is 0.305 e. The van der Waals surface area contributed by atoms with Crippen LogP contribution in [-0.4, -0.2) is 125 Å². The van der Waals surface area contributed by atoms with Gasteiger partial charge in [0, 0.05) is 46.1 Å². The fourth-order valence-electron chi connectivity index (χ4n) is 5.06. The Morgan fingerprint density at radius 3 is 2.41 bits per heavy atom. The molecular weight excluding hydrogens is 585 g/mol. The topological polar surface area (TPSA) is 203 Å². The van der Waals surface area contributed by atoms with E-state index in [1.807, 2.05) is 0 Å². The van der Waals surface area contributed by atoms with Crippen molar-refractivity contribution in [2.75, 3.05) is 40.3 Å². The summed E-state index contributed by atoms with van der Waals surface area (Å²) in [4.78, 5) is 90.5. The Labute approximate surface area is 252 Å². The number of carbonyl (C=O) groups is 7. The number of hydrogen-bond donors (Lipinski definition) is 4. The minimum atomic E-state index is -1.24. The van der Waals surface area contributed by atoms with Gasteiger partial charge in [-0.15, -0.1) is 0 Å². The van der Waals surface area contributed by atoms with Crippen LogP contribution in [0.2, 0.25) is 0 Å². The van der Waals surface area contributed by atoms with Gasteiger partial charge in [-0.3, -0.25) is 33.6 Å². The standard InChI is InChI=1S/C28H36FN5O10/c1-32-14-24(37)34-13-17(31-22(35)6-8-25(38)39)12-18(34)15-44-21-5-3-16(29)11-19(21)28(43)33(2)20(4-7-23(32)36)27(42)30-10-9-26(40)41/h3,5,11,17-18,20H,4,6-10,12-15H2,1-2H3,(H,30,42)(H,31,35)(H,38,39)(H,40,41)/t17-,18-,20-/m0/s1. The number of carbonyl (C=O) groups excluding carboxylic acids is 5. The van der Waals surface area contributed by atoms with Crippen LogP contribution in [0.5, 0.6) is 5.75 Å². The predicted molar refractivity (Wildman–Crippen MR) is 149 cm³/mol. The van der Waals surface area contributed by atoms with Gasteiger partial charge in [0.2, 0.25) is 23.6 Å². The van der Waals surface area contributed by atoms with Crippen molar-refractivity contribution in [3.63, 3.8) is 0 Å². The Morgan fingerprint density at radius 1 is 1.02 bits per heavy atom. The van der Waals surface area contributed by atoms with E-state index in [-0.39, 0.29) is 76.1 Å². The van der Waals surface area contributed by atoms with E-state index in [0.717, 1.165) is 17.0 Å². The number of aliphatic carboxylic acids is 2. The molecule has 0 aromatic heterocycles. The summed E-state index contributed by atoms with van der Waals surface area (Å²) in [7, 11) is 2.70. The molecule has 240 valence electrons. The maximum atomic E-state index is 14.3. The van der Waals surface area contributed by atoms with E-state index in [1.54, 1.807) is 0 Å². The van der Waals surface area contributed by atoms with E-state index in [9.17, 15) is 38.0 Å². The minimum absolute atomic E-state index is 0.0299. The number of nitrogens with one attached hydrogen (secondary N) is 2. The molecule has 1 aromatic carbocycles. The molecule has 0 aliphatic carbocycles. The fourth-order valence-corrected chi connectivity index (χ4v) is 5.06. The summed E-state index contributed by atoms with van der Waals surface area (Å²) in [6.45, 7) is -0.660. The molecule has 1 aromatic rings. The number of nitrogens with zero attached hydrogens (tertiary/aromatic N) is 3. The van der Waals surface area contributed by atoms with Gasteiger partial charge < -0.3 is 40.3 Å². The molecule has 2 aliphatic heterocycles. The van der Waals surface area contributed by atoms with Crippen molar-refractivity contribution < 1.29 is 52.9 Å². The fraction of sp³-hybridized carbons (Fsp3) is 0.536. The van der Waals surface area contributed by atoms with Crippen LogP contribution in [0.25, 0.3) is 0 Å². The van der Waals surface area contributed by atoms with Crippen LogP contribution in [0.4, 0.5) is 4.39 Å². The van der Waals surface area contributed by atoms with Crippen molar-refractivity contribution >= 4 is 41.5 Å². The molecule has 0 radical (unpaired) electrons. The van der Waals surface area contributed by atoms with Crippen LogP contribution in [0, 0.1) is 5.82 Å². The summed E-state index contributed by atoms with van der Waals surface area (Å²) < 4.78 is 20.3. The third-order valence-electron chi connectivity index (χ3n) is 7.43. The summed E-state index contributed by atoms with van der Waals surface area (Å²) >= 11 is 0. The average molecular weight is 622 g/mol. The molecule has 1 saturated heterocycles. The lowest BCUT2D eigenvalue weighted by atomic mass is 10.1. The molecule has 0 spiro atoms. The quantitative estimate of drug-likeness (QED) is 0.291. The van der Waals surface area contributed by atoms with Crippen LogP contribution in [0.15, 0.2) is 18.2 Å². The Balaban J connectivity index is 1.90. The number of hydrogen-bond acceptors (Lipinski definition) is 8. The first-order valence-electron chi connectivity index (χ1n) is 14.0. The molecule has 0 saturated carbocycles. The van der Waals surface area contributed by atoms with E-state index >= 15 is 0 Å². The second-order valence-corrected chi connectivity index (χ2v) is 10.7. The number of likely N-dealkylation sites (N-methyl/N-ethyl adjacent to an activating group) is 2. The summed E-state index contributed by atoms with van der Waals surface area (Å²) in [5.41, 5.74) is -0.219. The Hall–Kier alpha value is -4.76. The molecule has 2 aliphatic rings. The van der Waals surface area contributed by atoms with Gasteiger partial charge in [0.05, 0.1) is 31.0 Å². The van der Waals surface area contributed by atoms with Crippen molar-refractivity contribution in [3.05, 3.63) is 29.6 Å². The number of carboxylic acids is 2.